The summed E-state index contributed by atoms with van der Waals surface area (Å²) in [6, 6.07) is 18.8. The quantitative estimate of drug-likeness (QED) is 0.260. The second-order valence-electron chi connectivity index (χ2n) is 10.0. The summed E-state index contributed by atoms with van der Waals surface area (Å²) in [7, 11) is -0.0945. The van der Waals surface area contributed by atoms with Crippen LogP contribution in [0.2, 0.25) is 0 Å². The molecule has 0 bridgehead atoms. The molecule has 188 valence electrons. The predicted molar refractivity (Wildman–Crippen MR) is 149 cm³/mol. The zero-order chi connectivity index (χ0) is 23.5. The van der Waals surface area contributed by atoms with E-state index < -0.39 is 22.9 Å². The number of rotatable bonds is 10. The second-order valence-corrected chi connectivity index (χ2v) is 21.2. The first-order chi connectivity index (χ1) is 16.0. The number of halogens is 2. The summed E-state index contributed by atoms with van der Waals surface area (Å²) in [6.45, 7) is 14.7. The van der Waals surface area contributed by atoms with Gasteiger partial charge in [0.15, 0.2) is 0 Å². The SMILES string of the molecule is CCCP(CCC)C1=Cc2ccccc2[CH]1[Hf+2][CH]1C(P(C(C)C)C(C)C)=Cc2ccccc21.[Cl-].[Cl-]. The first-order valence-corrected chi connectivity index (χ1v) is 20.2. The van der Waals surface area contributed by atoms with Crippen LogP contribution in [0, 0.1) is 0 Å². The fourth-order valence-electron chi connectivity index (χ4n) is 5.73. The number of fused-ring (bicyclic) bond motifs is 2. The Hall–Kier alpha value is 0.230. The maximum absolute atomic E-state index is 2.65. The van der Waals surface area contributed by atoms with E-state index >= 15 is 0 Å². The van der Waals surface area contributed by atoms with Gasteiger partial charge in [0.05, 0.1) is 0 Å². The van der Waals surface area contributed by atoms with Gasteiger partial charge in [0, 0.05) is 0 Å². The van der Waals surface area contributed by atoms with Crippen molar-refractivity contribution in [2.45, 2.75) is 73.1 Å². The number of hydrogen-bond acceptors (Lipinski definition) is 0. The van der Waals surface area contributed by atoms with E-state index in [1.165, 1.54) is 36.3 Å². The summed E-state index contributed by atoms with van der Waals surface area (Å²) in [5, 5.41) is 3.72. The van der Waals surface area contributed by atoms with Crippen molar-refractivity contribution in [1.82, 2.24) is 0 Å². The summed E-state index contributed by atoms with van der Waals surface area (Å²) in [4.78, 5) is 0. The molecule has 0 heterocycles. The normalized spacial score (nSPS) is 18.1. The molecule has 2 aromatic carbocycles. The fourth-order valence-corrected chi connectivity index (χ4v) is 22.5. The summed E-state index contributed by atoms with van der Waals surface area (Å²) in [5.41, 5.74) is 7.93. The topological polar surface area (TPSA) is 0 Å². The maximum Gasteiger partial charge on any atom is -1.00 e. The van der Waals surface area contributed by atoms with Gasteiger partial charge in [-0.15, -0.1) is 0 Å². The Morgan fingerprint density at radius 2 is 1.11 bits per heavy atom. The minimum absolute atomic E-state index is 0. The summed E-state index contributed by atoms with van der Waals surface area (Å²) < 4.78 is 1.54. The van der Waals surface area contributed by atoms with E-state index in [1.54, 1.807) is 11.1 Å². The van der Waals surface area contributed by atoms with Crippen LogP contribution < -0.4 is 24.8 Å². The molecule has 0 aliphatic heterocycles. The molecule has 0 aromatic heterocycles. The Morgan fingerprint density at radius 1 is 0.686 bits per heavy atom. The third-order valence-corrected chi connectivity index (χ3v) is 21.8. The Labute approximate surface area is 240 Å². The van der Waals surface area contributed by atoms with Gasteiger partial charge in [-0.25, -0.2) is 0 Å². The van der Waals surface area contributed by atoms with E-state index in [0.29, 0.717) is 0 Å². The van der Waals surface area contributed by atoms with Gasteiger partial charge in [-0.3, -0.25) is 0 Å². The van der Waals surface area contributed by atoms with Crippen LogP contribution in [-0.4, -0.2) is 23.6 Å². The number of allylic oxidation sites excluding steroid dienone is 2. The van der Waals surface area contributed by atoms with E-state index in [9.17, 15) is 0 Å². The van der Waals surface area contributed by atoms with Crippen molar-refractivity contribution in [1.29, 1.82) is 0 Å². The molecule has 0 saturated carbocycles. The third-order valence-electron chi connectivity index (χ3n) is 6.91. The largest absolute Gasteiger partial charge is 1.00 e. The summed E-state index contributed by atoms with van der Waals surface area (Å²) in [5.74, 6) is 0. The minimum atomic E-state index is -1.11. The molecule has 0 N–H and O–H groups in total. The maximum atomic E-state index is 2.65. The Balaban J connectivity index is 0.00000216. The van der Waals surface area contributed by atoms with Gasteiger partial charge in [0.2, 0.25) is 0 Å². The predicted octanol–water partition coefficient (Wildman–Crippen LogP) is 3.87. The van der Waals surface area contributed by atoms with Crippen molar-refractivity contribution in [2.24, 2.45) is 0 Å². The van der Waals surface area contributed by atoms with Crippen LogP contribution >= 0.6 is 15.8 Å². The van der Waals surface area contributed by atoms with Crippen molar-refractivity contribution >= 4 is 28.0 Å². The fraction of sp³-hybridized carbons (Fsp3) is 0.467. The number of hydrogen-bond donors (Lipinski definition) is 0. The van der Waals surface area contributed by atoms with Gasteiger partial charge in [-0.2, -0.15) is 0 Å². The van der Waals surface area contributed by atoms with Crippen molar-refractivity contribution in [3.8, 4) is 0 Å². The Morgan fingerprint density at radius 3 is 1.57 bits per heavy atom. The monoisotopic (exact) mass is 712 g/mol. The van der Waals surface area contributed by atoms with Gasteiger partial charge in [-0.1, -0.05) is 0 Å². The van der Waals surface area contributed by atoms with Gasteiger partial charge >= 0.3 is 218 Å². The average molecular weight is 712 g/mol. The zero-order valence-electron chi connectivity index (χ0n) is 22.1. The smallest absolute Gasteiger partial charge is 1.00 e. The van der Waals surface area contributed by atoms with Crippen molar-refractivity contribution in [2.75, 3.05) is 12.3 Å². The van der Waals surface area contributed by atoms with Crippen molar-refractivity contribution in [3.05, 3.63) is 81.4 Å². The minimum Gasteiger partial charge on any atom is -1.00 e. The van der Waals surface area contributed by atoms with E-state index in [2.05, 4.69) is 102 Å². The molecule has 5 heteroatoms. The molecule has 2 aromatic rings. The molecule has 2 aliphatic carbocycles. The van der Waals surface area contributed by atoms with E-state index in [0.717, 1.165) is 18.7 Å². The molecular weight excluding hydrogens is 672 g/mol. The molecule has 4 rings (SSSR count). The molecule has 0 fully saturated rings. The van der Waals surface area contributed by atoms with E-state index in [4.69, 9.17) is 0 Å². The van der Waals surface area contributed by atoms with Gasteiger partial charge < -0.3 is 24.8 Å². The van der Waals surface area contributed by atoms with Crippen LogP contribution in [0.15, 0.2) is 59.2 Å². The van der Waals surface area contributed by atoms with Crippen LogP contribution in [0.5, 0.6) is 0 Å². The van der Waals surface area contributed by atoms with E-state index in [1.807, 2.05) is 10.6 Å². The first-order valence-electron chi connectivity index (χ1n) is 12.9. The third kappa shape index (κ3) is 6.82. The van der Waals surface area contributed by atoms with Crippen LogP contribution in [0.1, 0.15) is 84.0 Å². The zero-order valence-corrected chi connectivity index (χ0v) is 29.0. The first kappa shape index (κ1) is 31.4. The van der Waals surface area contributed by atoms with Crippen LogP contribution in [0.3, 0.4) is 0 Å². The Bertz CT molecular complexity index is 1020. The van der Waals surface area contributed by atoms with Gasteiger partial charge in [0.1, 0.15) is 0 Å². The Kier molecular flexibility index (Phi) is 12.9. The van der Waals surface area contributed by atoms with Gasteiger partial charge in [-0.05, 0) is 0 Å². The average Bonchev–Trinajstić information content (AvgIpc) is 3.32. The molecule has 0 spiro atoms. The number of benzene rings is 2. The molecule has 35 heavy (non-hydrogen) atoms. The molecule has 2 atom stereocenters. The summed E-state index contributed by atoms with van der Waals surface area (Å²) in [6.07, 6.45) is 10.8. The van der Waals surface area contributed by atoms with Crippen LogP contribution in [0.25, 0.3) is 12.2 Å². The van der Waals surface area contributed by atoms with E-state index in [-0.39, 0.29) is 40.7 Å². The molecule has 0 nitrogen and oxygen atoms in total. The molecule has 0 saturated heterocycles. The standard InChI is InChI=1S/2C15H20P.2ClH.Hf/c1-11(2)16(12(3)4)15-9-13-7-5-6-8-14(13)10-15;1-3-9-16(10-4-2)15-11-13-7-5-6-8-14(13)12-15;;;/h5-12H,1-4H3;5-8,11-12H,3-4,9-10H2,1-2H3;2*1H;/q;;;;+2/p-2. The van der Waals surface area contributed by atoms with Crippen molar-refractivity contribution < 1.29 is 47.7 Å². The molecule has 2 aliphatic rings. The van der Waals surface area contributed by atoms with Crippen LogP contribution in [0.4, 0.5) is 0 Å². The van der Waals surface area contributed by atoms with Crippen molar-refractivity contribution in [3.63, 3.8) is 0 Å². The molecular formula is C30H40Cl2HfP2. The van der Waals surface area contributed by atoms with Crippen LogP contribution in [-0.2, 0) is 22.9 Å². The molecule has 0 radical (unpaired) electrons. The summed E-state index contributed by atoms with van der Waals surface area (Å²) >= 11 is -1.11. The second kappa shape index (κ2) is 14.4. The molecule has 0 amide bonds. The van der Waals surface area contributed by atoms with Gasteiger partial charge in [0.25, 0.3) is 0 Å². The molecule has 2 unspecified atom stereocenters.